The summed E-state index contributed by atoms with van der Waals surface area (Å²) in [7, 11) is 0. The predicted octanol–water partition coefficient (Wildman–Crippen LogP) is 2.93. The number of amides is 1. The number of anilines is 1. The van der Waals surface area contributed by atoms with Crippen LogP contribution in [0.5, 0.6) is 0 Å². The summed E-state index contributed by atoms with van der Waals surface area (Å²) in [6.07, 6.45) is 4.96. The summed E-state index contributed by atoms with van der Waals surface area (Å²) in [6, 6.07) is 9.19. The number of benzene rings is 1. The first-order valence-corrected chi connectivity index (χ1v) is 6.60. The van der Waals surface area contributed by atoms with Crippen molar-refractivity contribution in [3.8, 4) is 6.07 Å². The maximum atomic E-state index is 12.1. The highest BCUT2D eigenvalue weighted by atomic mass is 16.2. The SMILES string of the molecule is N#Cc1cccc(NC(=O)C2C3CCCCC32)c1. The van der Waals surface area contributed by atoms with Crippen molar-refractivity contribution >= 4 is 11.6 Å². The zero-order valence-electron chi connectivity index (χ0n) is 10.2. The molecular formula is C15H16N2O. The van der Waals surface area contributed by atoms with Crippen molar-refractivity contribution < 1.29 is 4.79 Å². The van der Waals surface area contributed by atoms with E-state index >= 15 is 0 Å². The van der Waals surface area contributed by atoms with Gasteiger partial charge >= 0.3 is 0 Å². The van der Waals surface area contributed by atoms with Crippen LogP contribution in [0.3, 0.4) is 0 Å². The summed E-state index contributed by atoms with van der Waals surface area (Å²) in [6.45, 7) is 0. The molecule has 0 bridgehead atoms. The molecule has 92 valence electrons. The van der Waals surface area contributed by atoms with Gasteiger partial charge in [0.25, 0.3) is 0 Å². The summed E-state index contributed by atoms with van der Waals surface area (Å²) < 4.78 is 0. The van der Waals surface area contributed by atoms with Gasteiger partial charge in [0.2, 0.25) is 5.91 Å². The molecule has 1 amide bonds. The Bertz CT molecular complexity index is 505. The summed E-state index contributed by atoms with van der Waals surface area (Å²) in [5.74, 6) is 1.61. The van der Waals surface area contributed by atoms with Crippen LogP contribution in [-0.4, -0.2) is 5.91 Å². The first kappa shape index (κ1) is 11.3. The normalized spacial score (nSPS) is 28.9. The fraction of sp³-hybridized carbons (Fsp3) is 0.467. The minimum atomic E-state index is 0.141. The van der Waals surface area contributed by atoms with Crippen LogP contribution in [0.2, 0.25) is 0 Å². The fourth-order valence-corrected chi connectivity index (χ4v) is 3.27. The molecule has 0 radical (unpaired) electrons. The van der Waals surface area contributed by atoms with Gasteiger partial charge in [0.15, 0.2) is 0 Å². The van der Waals surface area contributed by atoms with Gasteiger partial charge in [0, 0.05) is 11.6 Å². The molecule has 0 aliphatic heterocycles. The third-order valence-corrected chi connectivity index (χ3v) is 4.22. The van der Waals surface area contributed by atoms with Crippen LogP contribution in [0.1, 0.15) is 31.2 Å². The lowest BCUT2D eigenvalue weighted by Gasteiger charge is -2.04. The molecule has 1 N–H and O–H groups in total. The lowest BCUT2D eigenvalue weighted by molar-refractivity contribution is -0.117. The maximum absolute atomic E-state index is 12.1. The van der Waals surface area contributed by atoms with E-state index in [4.69, 9.17) is 5.26 Å². The first-order chi connectivity index (χ1) is 8.79. The molecule has 2 atom stereocenters. The number of hydrogen-bond donors (Lipinski definition) is 1. The zero-order valence-corrected chi connectivity index (χ0v) is 10.2. The van der Waals surface area contributed by atoms with Crippen molar-refractivity contribution in [2.45, 2.75) is 25.7 Å². The number of nitriles is 1. The summed E-state index contributed by atoms with van der Waals surface area (Å²) in [5, 5.41) is 11.8. The van der Waals surface area contributed by atoms with Crippen LogP contribution in [0.25, 0.3) is 0 Å². The molecule has 2 aliphatic rings. The van der Waals surface area contributed by atoms with E-state index in [9.17, 15) is 4.79 Å². The van der Waals surface area contributed by atoms with Gasteiger partial charge in [-0.25, -0.2) is 0 Å². The molecule has 2 unspecified atom stereocenters. The number of nitrogens with one attached hydrogen (secondary N) is 1. The molecular weight excluding hydrogens is 224 g/mol. The molecule has 3 nitrogen and oxygen atoms in total. The smallest absolute Gasteiger partial charge is 0.228 e. The van der Waals surface area contributed by atoms with E-state index < -0.39 is 0 Å². The number of nitrogens with zero attached hydrogens (tertiary/aromatic N) is 1. The van der Waals surface area contributed by atoms with Gasteiger partial charge < -0.3 is 5.32 Å². The third kappa shape index (κ3) is 1.99. The number of rotatable bonds is 2. The molecule has 0 heterocycles. The molecule has 2 fully saturated rings. The zero-order chi connectivity index (χ0) is 12.5. The minimum absolute atomic E-state index is 0.141. The van der Waals surface area contributed by atoms with Gasteiger partial charge in [0.1, 0.15) is 0 Å². The van der Waals surface area contributed by atoms with Gasteiger partial charge in [-0.05, 0) is 42.9 Å². The van der Waals surface area contributed by atoms with E-state index in [0.717, 1.165) is 5.69 Å². The van der Waals surface area contributed by atoms with E-state index in [1.807, 2.05) is 6.07 Å². The highest BCUT2D eigenvalue weighted by Crippen LogP contribution is 2.55. The Morgan fingerprint density at radius 2 is 2.00 bits per heavy atom. The van der Waals surface area contributed by atoms with Gasteiger partial charge in [-0.2, -0.15) is 5.26 Å². The van der Waals surface area contributed by atoms with Crippen molar-refractivity contribution in [2.75, 3.05) is 5.32 Å². The molecule has 2 aliphatic carbocycles. The number of carbonyl (C=O) groups is 1. The van der Waals surface area contributed by atoms with Gasteiger partial charge in [-0.1, -0.05) is 18.9 Å². The Morgan fingerprint density at radius 1 is 1.28 bits per heavy atom. The average molecular weight is 240 g/mol. The minimum Gasteiger partial charge on any atom is -0.326 e. The maximum Gasteiger partial charge on any atom is 0.228 e. The average Bonchev–Trinajstić information content (AvgIpc) is 3.13. The third-order valence-electron chi connectivity index (χ3n) is 4.22. The lowest BCUT2D eigenvalue weighted by Crippen LogP contribution is -2.15. The molecule has 0 aromatic heterocycles. The van der Waals surface area contributed by atoms with Crippen LogP contribution >= 0.6 is 0 Å². The molecule has 0 saturated heterocycles. The largest absolute Gasteiger partial charge is 0.326 e. The van der Waals surface area contributed by atoms with E-state index in [0.29, 0.717) is 17.4 Å². The summed E-state index contributed by atoms with van der Waals surface area (Å²) >= 11 is 0. The van der Waals surface area contributed by atoms with Crippen molar-refractivity contribution in [1.82, 2.24) is 0 Å². The number of carbonyl (C=O) groups excluding carboxylic acids is 1. The van der Waals surface area contributed by atoms with E-state index in [-0.39, 0.29) is 11.8 Å². The van der Waals surface area contributed by atoms with Crippen LogP contribution in [0.15, 0.2) is 24.3 Å². The second kappa shape index (κ2) is 4.45. The quantitative estimate of drug-likeness (QED) is 0.864. The van der Waals surface area contributed by atoms with Crippen LogP contribution in [0.4, 0.5) is 5.69 Å². The molecule has 1 aromatic carbocycles. The van der Waals surface area contributed by atoms with Crippen LogP contribution < -0.4 is 5.32 Å². The Morgan fingerprint density at radius 3 is 2.67 bits per heavy atom. The molecule has 18 heavy (non-hydrogen) atoms. The second-order valence-electron chi connectivity index (χ2n) is 5.32. The topological polar surface area (TPSA) is 52.9 Å². The molecule has 2 saturated carbocycles. The van der Waals surface area contributed by atoms with Crippen LogP contribution in [0, 0.1) is 29.1 Å². The molecule has 3 rings (SSSR count). The van der Waals surface area contributed by atoms with Crippen molar-refractivity contribution in [3.05, 3.63) is 29.8 Å². The molecule has 3 heteroatoms. The monoisotopic (exact) mass is 240 g/mol. The van der Waals surface area contributed by atoms with Crippen LogP contribution in [-0.2, 0) is 4.79 Å². The Kier molecular flexibility index (Phi) is 2.79. The van der Waals surface area contributed by atoms with Crippen molar-refractivity contribution in [2.24, 2.45) is 17.8 Å². The van der Waals surface area contributed by atoms with Gasteiger partial charge in [-0.15, -0.1) is 0 Å². The standard InChI is InChI=1S/C15H16N2O/c16-9-10-4-3-5-11(8-10)17-15(18)14-12-6-1-2-7-13(12)14/h3-5,8,12-14H,1-2,6-7H2,(H,17,18). The molecule has 0 spiro atoms. The van der Waals surface area contributed by atoms with Gasteiger partial charge in [-0.3, -0.25) is 4.79 Å². The van der Waals surface area contributed by atoms with Crippen molar-refractivity contribution in [1.29, 1.82) is 5.26 Å². The Balaban J connectivity index is 1.66. The highest BCUT2D eigenvalue weighted by molar-refractivity contribution is 5.95. The predicted molar refractivity (Wildman–Crippen MR) is 68.7 cm³/mol. The Hall–Kier alpha value is -1.82. The lowest BCUT2D eigenvalue weighted by atomic mass is 10.0. The van der Waals surface area contributed by atoms with E-state index in [1.54, 1.807) is 18.2 Å². The van der Waals surface area contributed by atoms with Crippen molar-refractivity contribution in [3.63, 3.8) is 0 Å². The second-order valence-corrected chi connectivity index (χ2v) is 5.32. The Labute approximate surface area is 107 Å². The molecule has 1 aromatic rings. The summed E-state index contributed by atoms with van der Waals surface area (Å²) in [4.78, 5) is 12.1. The van der Waals surface area contributed by atoms with Gasteiger partial charge in [0.05, 0.1) is 11.6 Å². The summed E-state index contributed by atoms with van der Waals surface area (Å²) in [5.41, 5.74) is 1.32. The highest BCUT2D eigenvalue weighted by Gasteiger charge is 2.54. The number of hydrogen-bond acceptors (Lipinski definition) is 2. The van der Waals surface area contributed by atoms with E-state index in [1.165, 1.54) is 25.7 Å². The number of fused-ring (bicyclic) bond motifs is 1. The first-order valence-electron chi connectivity index (χ1n) is 6.60. The van der Waals surface area contributed by atoms with E-state index in [2.05, 4.69) is 11.4 Å². The fourth-order valence-electron chi connectivity index (χ4n) is 3.27.